The van der Waals surface area contributed by atoms with Crippen LogP contribution < -0.4 is 15.4 Å². The molecule has 1 saturated heterocycles. The molecule has 0 radical (unpaired) electrons. The number of nitrogens with zero attached hydrogens (tertiary/aromatic N) is 1. The predicted octanol–water partition coefficient (Wildman–Crippen LogP) is 1.54. The van der Waals surface area contributed by atoms with Gasteiger partial charge in [0.25, 0.3) is 15.9 Å². The van der Waals surface area contributed by atoms with Gasteiger partial charge in [-0.15, -0.1) is 12.4 Å². The number of rotatable bonds is 7. The van der Waals surface area contributed by atoms with E-state index < -0.39 is 10.0 Å². The van der Waals surface area contributed by atoms with Gasteiger partial charge in [-0.3, -0.25) is 14.4 Å². The summed E-state index contributed by atoms with van der Waals surface area (Å²) in [5, 5.41) is 6.18. The zero-order valence-corrected chi connectivity index (χ0v) is 17.1. The highest BCUT2D eigenvalue weighted by Crippen LogP contribution is 2.17. The summed E-state index contributed by atoms with van der Waals surface area (Å²) < 4.78 is 27.3. The number of benzene rings is 2. The molecule has 9 heteroatoms. The molecule has 2 aromatic rings. The molecule has 1 heterocycles. The van der Waals surface area contributed by atoms with Crippen molar-refractivity contribution in [1.29, 1.82) is 0 Å². The topological polar surface area (TPSA) is 90.5 Å². The van der Waals surface area contributed by atoms with E-state index in [1.165, 1.54) is 12.1 Å². The molecule has 152 valence electrons. The molecule has 0 spiro atoms. The summed E-state index contributed by atoms with van der Waals surface area (Å²) >= 11 is 0. The molecule has 1 amide bonds. The smallest absolute Gasteiger partial charge is 0.261 e. The van der Waals surface area contributed by atoms with Crippen LogP contribution >= 0.6 is 12.4 Å². The zero-order chi connectivity index (χ0) is 19.1. The van der Waals surface area contributed by atoms with Gasteiger partial charge < -0.3 is 10.6 Å². The van der Waals surface area contributed by atoms with Crippen molar-refractivity contribution in [3.05, 3.63) is 60.2 Å². The van der Waals surface area contributed by atoms with Crippen LogP contribution in [-0.2, 0) is 10.0 Å². The van der Waals surface area contributed by atoms with Crippen molar-refractivity contribution in [1.82, 2.24) is 15.5 Å². The molecule has 2 aromatic carbocycles. The summed E-state index contributed by atoms with van der Waals surface area (Å²) in [4.78, 5) is 14.8. The number of amides is 1. The molecule has 0 aromatic heterocycles. The van der Waals surface area contributed by atoms with Crippen molar-refractivity contribution in [3.63, 3.8) is 0 Å². The zero-order valence-electron chi connectivity index (χ0n) is 15.4. The lowest BCUT2D eigenvalue weighted by Gasteiger charge is -2.27. The first-order valence-electron chi connectivity index (χ1n) is 8.94. The van der Waals surface area contributed by atoms with Crippen LogP contribution in [0.5, 0.6) is 0 Å². The Labute approximate surface area is 172 Å². The lowest BCUT2D eigenvalue weighted by atomic mass is 10.2. The number of nitrogens with one attached hydrogen (secondary N) is 3. The van der Waals surface area contributed by atoms with Gasteiger partial charge >= 0.3 is 0 Å². The monoisotopic (exact) mass is 424 g/mol. The molecule has 0 unspecified atom stereocenters. The molecule has 1 fully saturated rings. The van der Waals surface area contributed by atoms with Crippen LogP contribution in [-0.4, -0.2) is 58.5 Å². The summed E-state index contributed by atoms with van der Waals surface area (Å²) in [7, 11) is -3.68. The molecule has 3 N–H and O–H groups in total. The van der Waals surface area contributed by atoms with Crippen molar-refractivity contribution in [2.24, 2.45) is 0 Å². The summed E-state index contributed by atoms with van der Waals surface area (Å²) in [5.41, 5.74) is 0.775. The minimum atomic E-state index is -3.68. The van der Waals surface area contributed by atoms with Crippen LogP contribution in [0.1, 0.15) is 10.4 Å². The molecule has 0 saturated carbocycles. The van der Waals surface area contributed by atoms with E-state index in [0.717, 1.165) is 32.7 Å². The molecule has 1 aliphatic rings. The minimum absolute atomic E-state index is 0. The van der Waals surface area contributed by atoms with Gasteiger partial charge in [-0.2, -0.15) is 0 Å². The maximum atomic E-state index is 12.4. The standard InChI is InChI=1S/C19H24N4O3S.ClH/c24-19(21-11-14-23-12-9-20-10-13-23)16-5-4-6-17(15-16)22-27(25,26)18-7-2-1-3-8-18;/h1-8,15,20,22H,9-14H2,(H,21,24);1H. The number of piperazine rings is 1. The number of carbonyl (C=O) groups is 1. The first-order valence-corrected chi connectivity index (χ1v) is 10.4. The van der Waals surface area contributed by atoms with E-state index >= 15 is 0 Å². The van der Waals surface area contributed by atoms with E-state index in [2.05, 4.69) is 20.3 Å². The molecule has 0 bridgehead atoms. The van der Waals surface area contributed by atoms with Gasteiger partial charge in [0.15, 0.2) is 0 Å². The Morgan fingerprint density at radius 2 is 1.75 bits per heavy atom. The number of anilines is 1. The molecular weight excluding hydrogens is 400 g/mol. The fourth-order valence-corrected chi connectivity index (χ4v) is 3.97. The Morgan fingerprint density at radius 1 is 1.04 bits per heavy atom. The average Bonchev–Trinajstić information content (AvgIpc) is 2.69. The average molecular weight is 425 g/mol. The van der Waals surface area contributed by atoms with E-state index in [1.807, 2.05) is 0 Å². The second kappa shape index (κ2) is 10.4. The van der Waals surface area contributed by atoms with Crippen LogP contribution in [0, 0.1) is 0 Å². The van der Waals surface area contributed by atoms with Crippen molar-refractivity contribution < 1.29 is 13.2 Å². The summed E-state index contributed by atoms with van der Waals surface area (Å²) in [6.07, 6.45) is 0. The fourth-order valence-electron chi connectivity index (χ4n) is 2.90. The van der Waals surface area contributed by atoms with E-state index in [4.69, 9.17) is 0 Å². The maximum Gasteiger partial charge on any atom is 0.261 e. The second-order valence-electron chi connectivity index (χ2n) is 6.35. The van der Waals surface area contributed by atoms with Crippen LogP contribution in [0.3, 0.4) is 0 Å². The van der Waals surface area contributed by atoms with Gasteiger partial charge in [-0.1, -0.05) is 24.3 Å². The van der Waals surface area contributed by atoms with Crippen molar-refractivity contribution in [2.75, 3.05) is 44.0 Å². The number of carbonyl (C=O) groups excluding carboxylic acids is 1. The van der Waals surface area contributed by atoms with Gasteiger partial charge in [0.2, 0.25) is 0 Å². The molecule has 1 aliphatic heterocycles. The van der Waals surface area contributed by atoms with E-state index in [-0.39, 0.29) is 23.2 Å². The molecule has 28 heavy (non-hydrogen) atoms. The van der Waals surface area contributed by atoms with Crippen molar-refractivity contribution in [3.8, 4) is 0 Å². The summed E-state index contributed by atoms with van der Waals surface area (Å²) in [6.45, 7) is 5.25. The van der Waals surface area contributed by atoms with Crippen LogP contribution in [0.25, 0.3) is 0 Å². The normalized spacial score (nSPS) is 14.7. The Kier molecular flexibility index (Phi) is 8.25. The molecule has 0 aliphatic carbocycles. The predicted molar refractivity (Wildman–Crippen MR) is 113 cm³/mol. The highest BCUT2D eigenvalue weighted by Gasteiger charge is 2.15. The van der Waals surface area contributed by atoms with Crippen LogP contribution in [0.2, 0.25) is 0 Å². The van der Waals surface area contributed by atoms with Gasteiger partial charge in [-0.05, 0) is 30.3 Å². The number of sulfonamides is 1. The minimum Gasteiger partial charge on any atom is -0.351 e. The summed E-state index contributed by atoms with van der Waals surface area (Å²) in [6, 6.07) is 14.6. The first kappa shape index (κ1) is 22.2. The Morgan fingerprint density at radius 3 is 2.46 bits per heavy atom. The highest BCUT2D eigenvalue weighted by molar-refractivity contribution is 7.92. The third-order valence-electron chi connectivity index (χ3n) is 4.35. The van der Waals surface area contributed by atoms with Gasteiger partial charge in [0.1, 0.15) is 0 Å². The molecule has 0 atom stereocenters. The van der Waals surface area contributed by atoms with E-state index in [0.29, 0.717) is 17.8 Å². The summed E-state index contributed by atoms with van der Waals surface area (Å²) in [5.74, 6) is -0.217. The maximum absolute atomic E-state index is 12.4. The van der Waals surface area contributed by atoms with Gasteiger partial charge in [0, 0.05) is 50.5 Å². The molecule has 3 rings (SSSR count). The number of halogens is 1. The van der Waals surface area contributed by atoms with E-state index in [9.17, 15) is 13.2 Å². The second-order valence-corrected chi connectivity index (χ2v) is 8.03. The molecule has 7 nitrogen and oxygen atoms in total. The quantitative estimate of drug-likeness (QED) is 0.627. The third kappa shape index (κ3) is 6.20. The van der Waals surface area contributed by atoms with Crippen LogP contribution in [0.4, 0.5) is 5.69 Å². The molecular formula is C19H25ClN4O3S. The van der Waals surface area contributed by atoms with E-state index in [1.54, 1.807) is 42.5 Å². The fraction of sp³-hybridized carbons (Fsp3) is 0.316. The SMILES string of the molecule is Cl.O=C(NCCN1CCNCC1)c1cccc(NS(=O)(=O)c2ccccc2)c1. The third-order valence-corrected chi connectivity index (χ3v) is 5.75. The Balaban J connectivity index is 0.00000280. The number of hydrogen-bond acceptors (Lipinski definition) is 5. The largest absolute Gasteiger partial charge is 0.351 e. The Hall–Kier alpha value is -2.13. The van der Waals surface area contributed by atoms with Crippen molar-refractivity contribution >= 4 is 34.0 Å². The highest BCUT2D eigenvalue weighted by atomic mass is 35.5. The lowest BCUT2D eigenvalue weighted by molar-refractivity contribution is 0.0947. The first-order chi connectivity index (χ1) is 13.0. The van der Waals surface area contributed by atoms with Gasteiger partial charge in [0.05, 0.1) is 4.90 Å². The lowest BCUT2D eigenvalue weighted by Crippen LogP contribution is -2.46. The van der Waals surface area contributed by atoms with Gasteiger partial charge in [-0.25, -0.2) is 8.42 Å². The Bertz CT molecular complexity index is 872. The van der Waals surface area contributed by atoms with Crippen LogP contribution in [0.15, 0.2) is 59.5 Å². The van der Waals surface area contributed by atoms with Crippen molar-refractivity contribution in [2.45, 2.75) is 4.90 Å². The number of hydrogen-bond donors (Lipinski definition) is 3.